The number of ether oxygens (including phenoxy) is 2. The maximum atomic E-state index is 12.4. The Kier molecular flexibility index (Phi) is 17.7. The molecule has 0 saturated heterocycles. The van der Waals surface area contributed by atoms with Crippen molar-refractivity contribution in [1.29, 1.82) is 0 Å². The Labute approximate surface area is 192 Å². The largest absolute Gasteiger partial charge is 0.465 e. The highest BCUT2D eigenvalue weighted by molar-refractivity contribution is 5.76. The normalized spacial score (nSPS) is 18.6. The zero-order valence-corrected chi connectivity index (χ0v) is 20.6. The van der Waals surface area contributed by atoms with Gasteiger partial charge < -0.3 is 9.47 Å². The molecule has 0 bridgehead atoms. The van der Waals surface area contributed by atoms with Crippen molar-refractivity contribution in [2.45, 2.75) is 136 Å². The molecular weight excluding hydrogens is 388 g/mol. The van der Waals surface area contributed by atoms with Crippen LogP contribution in [0.15, 0.2) is 0 Å². The van der Waals surface area contributed by atoms with Crippen LogP contribution in [0.1, 0.15) is 136 Å². The van der Waals surface area contributed by atoms with E-state index in [1.807, 2.05) is 0 Å². The summed E-state index contributed by atoms with van der Waals surface area (Å²) in [5.74, 6) is -0.462. The molecule has 0 aromatic heterocycles. The Bertz CT molecular complexity index is 449. The Morgan fingerprint density at radius 3 is 1.32 bits per heavy atom. The fourth-order valence-corrected chi connectivity index (χ4v) is 4.49. The Balaban J connectivity index is 2.06. The van der Waals surface area contributed by atoms with Crippen LogP contribution in [-0.2, 0) is 19.1 Å². The van der Waals surface area contributed by atoms with Gasteiger partial charge in [-0.2, -0.15) is 0 Å². The number of hydrogen-bond acceptors (Lipinski definition) is 4. The summed E-state index contributed by atoms with van der Waals surface area (Å²) in [4.78, 5) is 24.8. The average molecular weight is 439 g/mol. The van der Waals surface area contributed by atoms with E-state index in [1.54, 1.807) is 0 Å². The van der Waals surface area contributed by atoms with Gasteiger partial charge in [-0.3, -0.25) is 9.59 Å². The lowest BCUT2D eigenvalue weighted by Gasteiger charge is -2.26. The van der Waals surface area contributed by atoms with Crippen molar-refractivity contribution in [2.24, 2.45) is 11.8 Å². The second-order valence-electron chi connectivity index (χ2n) is 9.49. The van der Waals surface area contributed by atoms with Gasteiger partial charge in [0.1, 0.15) is 0 Å². The van der Waals surface area contributed by atoms with E-state index in [2.05, 4.69) is 13.8 Å². The lowest BCUT2D eigenvalue weighted by atomic mass is 9.81. The Morgan fingerprint density at radius 1 is 0.581 bits per heavy atom. The predicted molar refractivity (Wildman–Crippen MR) is 128 cm³/mol. The lowest BCUT2D eigenvalue weighted by Crippen LogP contribution is -2.30. The monoisotopic (exact) mass is 438 g/mol. The first kappa shape index (κ1) is 28.0. The van der Waals surface area contributed by atoms with Crippen LogP contribution in [0.4, 0.5) is 0 Å². The molecule has 0 heterocycles. The third kappa shape index (κ3) is 14.6. The summed E-state index contributed by atoms with van der Waals surface area (Å²) >= 11 is 0. The Morgan fingerprint density at radius 2 is 0.935 bits per heavy atom. The van der Waals surface area contributed by atoms with Gasteiger partial charge >= 0.3 is 11.9 Å². The fraction of sp³-hybridized carbons (Fsp3) is 0.926. The van der Waals surface area contributed by atoms with Crippen molar-refractivity contribution >= 4 is 11.9 Å². The van der Waals surface area contributed by atoms with E-state index < -0.39 is 0 Å². The minimum absolute atomic E-state index is 0.104. The first-order valence-corrected chi connectivity index (χ1v) is 13.5. The first-order chi connectivity index (χ1) is 15.2. The van der Waals surface area contributed by atoms with E-state index in [0.29, 0.717) is 19.6 Å². The molecule has 4 heteroatoms. The highest BCUT2D eigenvalue weighted by Gasteiger charge is 2.32. The highest BCUT2D eigenvalue weighted by atomic mass is 16.5. The molecule has 0 aliphatic heterocycles. The molecule has 1 rings (SSSR count). The molecule has 0 aromatic rings. The molecule has 2 atom stereocenters. The summed E-state index contributed by atoms with van der Waals surface area (Å²) in [7, 11) is 0. The number of carbonyl (C=O) groups is 2. The molecule has 182 valence electrons. The summed E-state index contributed by atoms with van der Waals surface area (Å²) in [5.41, 5.74) is 0. The second kappa shape index (κ2) is 19.6. The summed E-state index contributed by atoms with van der Waals surface area (Å²) in [6, 6.07) is 0. The molecule has 0 spiro atoms. The summed E-state index contributed by atoms with van der Waals surface area (Å²) in [6.45, 7) is 5.51. The molecule has 4 nitrogen and oxygen atoms in total. The van der Waals surface area contributed by atoms with Gasteiger partial charge in [-0.25, -0.2) is 0 Å². The minimum atomic E-state index is -0.126. The molecule has 31 heavy (non-hydrogen) atoms. The third-order valence-corrected chi connectivity index (χ3v) is 6.58. The van der Waals surface area contributed by atoms with Gasteiger partial charge in [0.2, 0.25) is 0 Å². The van der Waals surface area contributed by atoms with Crippen LogP contribution in [0.2, 0.25) is 0 Å². The Hall–Kier alpha value is -1.06. The van der Waals surface area contributed by atoms with Crippen LogP contribution >= 0.6 is 0 Å². The van der Waals surface area contributed by atoms with Crippen LogP contribution in [0.3, 0.4) is 0 Å². The van der Waals surface area contributed by atoms with Crippen molar-refractivity contribution < 1.29 is 19.1 Å². The maximum absolute atomic E-state index is 12.4. The van der Waals surface area contributed by atoms with Gasteiger partial charge in [-0.05, 0) is 32.1 Å². The molecule has 0 amide bonds. The van der Waals surface area contributed by atoms with E-state index in [-0.39, 0.29) is 23.8 Å². The number of unbranched alkanes of at least 4 members (excludes halogenated alkanes) is 13. The SMILES string of the molecule is CCCCCCCCCCCOC(=O)C1CCCC(C(=O)OCCCCCCCC)C1. The zero-order valence-electron chi connectivity index (χ0n) is 20.6. The summed E-state index contributed by atoms with van der Waals surface area (Å²) in [6.07, 6.45) is 21.7. The van der Waals surface area contributed by atoms with Crippen molar-refractivity contribution in [2.75, 3.05) is 13.2 Å². The maximum Gasteiger partial charge on any atom is 0.308 e. The molecule has 1 saturated carbocycles. The average Bonchev–Trinajstić information content (AvgIpc) is 2.79. The molecular formula is C27H50O4. The zero-order chi connectivity index (χ0) is 22.6. The van der Waals surface area contributed by atoms with Gasteiger partial charge in [0.25, 0.3) is 0 Å². The second-order valence-corrected chi connectivity index (χ2v) is 9.49. The molecule has 0 aromatic carbocycles. The first-order valence-electron chi connectivity index (χ1n) is 13.5. The van der Waals surface area contributed by atoms with Crippen molar-refractivity contribution in [3.63, 3.8) is 0 Å². The number of hydrogen-bond donors (Lipinski definition) is 0. The third-order valence-electron chi connectivity index (χ3n) is 6.58. The predicted octanol–water partition coefficient (Wildman–Crippen LogP) is 7.77. The van der Waals surface area contributed by atoms with Crippen molar-refractivity contribution in [3.05, 3.63) is 0 Å². The molecule has 1 fully saturated rings. The van der Waals surface area contributed by atoms with E-state index in [1.165, 1.54) is 70.6 Å². The number of carbonyl (C=O) groups excluding carboxylic acids is 2. The molecule has 0 radical (unpaired) electrons. The van der Waals surface area contributed by atoms with E-state index >= 15 is 0 Å². The summed E-state index contributed by atoms with van der Waals surface area (Å²) < 4.78 is 11.0. The van der Waals surface area contributed by atoms with Gasteiger partial charge in [0, 0.05) is 0 Å². The highest BCUT2D eigenvalue weighted by Crippen LogP contribution is 2.31. The molecule has 1 aliphatic rings. The van der Waals surface area contributed by atoms with E-state index in [0.717, 1.165) is 44.9 Å². The van der Waals surface area contributed by atoms with Crippen LogP contribution in [0.25, 0.3) is 0 Å². The van der Waals surface area contributed by atoms with Crippen LogP contribution in [0, 0.1) is 11.8 Å². The number of rotatable bonds is 19. The van der Waals surface area contributed by atoms with Gasteiger partial charge in [-0.1, -0.05) is 104 Å². The standard InChI is InChI=1S/C27H50O4/c1-3-5-7-9-11-12-13-15-17-22-31-27(29)25-20-18-19-24(23-25)26(28)30-21-16-14-10-8-6-4-2/h24-25H,3-23H2,1-2H3. The topological polar surface area (TPSA) is 52.6 Å². The molecule has 2 unspecified atom stereocenters. The van der Waals surface area contributed by atoms with Crippen molar-refractivity contribution in [1.82, 2.24) is 0 Å². The quantitative estimate of drug-likeness (QED) is 0.153. The van der Waals surface area contributed by atoms with E-state index in [9.17, 15) is 9.59 Å². The lowest BCUT2D eigenvalue weighted by molar-refractivity contribution is -0.155. The van der Waals surface area contributed by atoms with E-state index in [4.69, 9.17) is 9.47 Å². The van der Waals surface area contributed by atoms with Crippen LogP contribution in [0.5, 0.6) is 0 Å². The van der Waals surface area contributed by atoms with Gasteiger partial charge in [0.15, 0.2) is 0 Å². The van der Waals surface area contributed by atoms with Gasteiger partial charge in [-0.15, -0.1) is 0 Å². The number of esters is 2. The van der Waals surface area contributed by atoms with Crippen LogP contribution in [-0.4, -0.2) is 25.2 Å². The summed E-state index contributed by atoms with van der Waals surface area (Å²) in [5, 5.41) is 0. The smallest absolute Gasteiger partial charge is 0.308 e. The van der Waals surface area contributed by atoms with Crippen LogP contribution < -0.4 is 0 Å². The van der Waals surface area contributed by atoms with Gasteiger partial charge in [0.05, 0.1) is 25.0 Å². The molecule has 1 aliphatic carbocycles. The van der Waals surface area contributed by atoms with Crippen molar-refractivity contribution in [3.8, 4) is 0 Å². The molecule has 0 N–H and O–H groups in total. The minimum Gasteiger partial charge on any atom is -0.465 e. The fourth-order valence-electron chi connectivity index (χ4n) is 4.49.